The molecule has 0 spiro atoms. The van der Waals surface area contributed by atoms with Crippen molar-refractivity contribution in [3.05, 3.63) is 95.6 Å². The van der Waals surface area contributed by atoms with Gasteiger partial charge in [-0.05, 0) is 31.2 Å². The molecule has 1 atom stereocenters. The second-order valence-corrected chi connectivity index (χ2v) is 6.21. The summed E-state index contributed by atoms with van der Waals surface area (Å²) in [5, 5.41) is 2.65. The Morgan fingerprint density at radius 2 is 1.53 bits per heavy atom. The van der Waals surface area contributed by atoms with Crippen molar-refractivity contribution in [1.82, 2.24) is 0 Å². The average Bonchev–Trinajstić information content (AvgIpc) is 2.74. The summed E-state index contributed by atoms with van der Waals surface area (Å²) in [4.78, 5) is 25.5. The molecule has 7 heteroatoms. The highest BCUT2D eigenvalue weighted by molar-refractivity contribution is 5.99. The molecule has 0 aromatic heterocycles. The minimum atomic E-state index is -1.44. The molecular formula is C23H19F2NO4. The lowest BCUT2D eigenvalue weighted by Crippen LogP contribution is -2.26. The zero-order valence-electron chi connectivity index (χ0n) is 16.1. The Morgan fingerprint density at radius 3 is 2.20 bits per heavy atom. The number of carbonyl (C=O) groups is 2. The van der Waals surface area contributed by atoms with Crippen LogP contribution < -0.4 is 10.1 Å². The molecule has 0 heterocycles. The number of hydrogen-bond donors (Lipinski definition) is 1. The lowest BCUT2D eigenvalue weighted by atomic mass is 10.1. The van der Waals surface area contributed by atoms with Gasteiger partial charge >= 0.3 is 5.97 Å². The summed E-state index contributed by atoms with van der Waals surface area (Å²) >= 11 is 0. The van der Waals surface area contributed by atoms with Gasteiger partial charge in [0.2, 0.25) is 6.10 Å². The van der Waals surface area contributed by atoms with Crippen LogP contribution in [0.25, 0.3) is 0 Å². The number of benzene rings is 3. The van der Waals surface area contributed by atoms with Crippen molar-refractivity contribution in [3.63, 3.8) is 0 Å². The second-order valence-electron chi connectivity index (χ2n) is 6.21. The maximum absolute atomic E-state index is 14.0. The summed E-state index contributed by atoms with van der Waals surface area (Å²) in [5.74, 6) is -3.69. The Bertz CT molecular complexity index is 1020. The van der Waals surface area contributed by atoms with Gasteiger partial charge in [-0.15, -0.1) is 0 Å². The quantitative estimate of drug-likeness (QED) is 0.562. The predicted octanol–water partition coefficient (Wildman–Crippen LogP) is 4.90. The van der Waals surface area contributed by atoms with Crippen molar-refractivity contribution in [2.24, 2.45) is 0 Å². The van der Waals surface area contributed by atoms with E-state index in [1.807, 2.05) is 0 Å². The van der Waals surface area contributed by atoms with Crippen LogP contribution in [-0.4, -0.2) is 18.5 Å². The highest BCUT2D eigenvalue weighted by atomic mass is 19.1. The van der Waals surface area contributed by atoms with Crippen molar-refractivity contribution in [3.8, 4) is 5.75 Å². The summed E-state index contributed by atoms with van der Waals surface area (Å²) in [6.07, 6.45) is -1.44. The zero-order chi connectivity index (χ0) is 21.5. The number of halogens is 2. The number of rotatable bonds is 7. The molecule has 1 amide bonds. The van der Waals surface area contributed by atoms with Crippen LogP contribution >= 0.6 is 0 Å². The van der Waals surface area contributed by atoms with Crippen LogP contribution in [0.2, 0.25) is 0 Å². The summed E-state index contributed by atoms with van der Waals surface area (Å²) in [6.45, 7) is 2.19. The fourth-order valence-electron chi connectivity index (χ4n) is 2.81. The number of esters is 1. The SMILES string of the molecule is CCOc1ccccc1NC(=O)C(OC(=O)c1c(F)cccc1F)c1ccccc1. The van der Waals surface area contributed by atoms with Crippen molar-refractivity contribution < 1.29 is 27.8 Å². The van der Waals surface area contributed by atoms with Gasteiger partial charge in [0, 0.05) is 5.56 Å². The first-order chi connectivity index (χ1) is 14.5. The first-order valence-corrected chi connectivity index (χ1v) is 9.24. The zero-order valence-corrected chi connectivity index (χ0v) is 16.1. The highest BCUT2D eigenvalue weighted by Gasteiger charge is 2.29. The van der Waals surface area contributed by atoms with Gasteiger partial charge in [0.05, 0.1) is 12.3 Å². The number of ether oxygens (including phenoxy) is 2. The molecule has 3 aromatic rings. The van der Waals surface area contributed by atoms with E-state index < -0.39 is 35.2 Å². The molecule has 0 bridgehead atoms. The Labute approximate surface area is 172 Å². The van der Waals surface area contributed by atoms with Gasteiger partial charge in [-0.1, -0.05) is 48.5 Å². The Balaban J connectivity index is 1.90. The molecule has 0 fully saturated rings. The first kappa shape index (κ1) is 21.0. The predicted molar refractivity (Wildman–Crippen MR) is 107 cm³/mol. The van der Waals surface area contributed by atoms with Crippen LogP contribution in [0.4, 0.5) is 14.5 Å². The molecule has 0 radical (unpaired) electrons. The summed E-state index contributed by atoms with van der Waals surface area (Å²) < 4.78 is 38.7. The van der Waals surface area contributed by atoms with Crippen LogP contribution in [0.5, 0.6) is 5.75 Å². The summed E-state index contributed by atoms with van der Waals surface area (Å²) in [7, 11) is 0. The number of nitrogens with one attached hydrogen (secondary N) is 1. The summed E-state index contributed by atoms with van der Waals surface area (Å²) in [5.41, 5.74) is -0.145. The molecule has 3 rings (SSSR count). The molecule has 0 aliphatic heterocycles. The van der Waals surface area contributed by atoms with E-state index in [9.17, 15) is 18.4 Å². The van der Waals surface area contributed by atoms with Crippen LogP contribution in [0.15, 0.2) is 72.8 Å². The van der Waals surface area contributed by atoms with Crippen molar-refractivity contribution >= 4 is 17.6 Å². The maximum Gasteiger partial charge on any atom is 0.345 e. The van der Waals surface area contributed by atoms with E-state index in [2.05, 4.69) is 5.32 Å². The fraction of sp³-hybridized carbons (Fsp3) is 0.130. The molecule has 0 aliphatic rings. The van der Waals surface area contributed by atoms with Gasteiger partial charge in [-0.2, -0.15) is 0 Å². The van der Waals surface area contributed by atoms with Crippen molar-refractivity contribution in [2.45, 2.75) is 13.0 Å². The minimum absolute atomic E-state index is 0.342. The number of para-hydroxylation sites is 2. The molecule has 1 N–H and O–H groups in total. The number of amides is 1. The van der Waals surface area contributed by atoms with Gasteiger partial charge in [-0.3, -0.25) is 4.79 Å². The van der Waals surface area contributed by atoms with Gasteiger partial charge in [0.15, 0.2) is 0 Å². The third-order valence-electron chi connectivity index (χ3n) is 4.18. The third-order valence-corrected chi connectivity index (χ3v) is 4.18. The lowest BCUT2D eigenvalue weighted by molar-refractivity contribution is -0.125. The normalized spacial score (nSPS) is 11.4. The van der Waals surface area contributed by atoms with Gasteiger partial charge in [0.25, 0.3) is 5.91 Å². The minimum Gasteiger partial charge on any atom is -0.492 e. The van der Waals surface area contributed by atoms with E-state index in [0.717, 1.165) is 18.2 Å². The molecule has 0 saturated heterocycles. The van der Waals surface area contributed by atoms with Crippen LogP contribution in [0.3, 0.4) is 0 Å². The van der Waals surface area contributed by atoms with Crippen molar-refractivity contribution in [2.75, 3.05) is 11.9 Å². The van der Waals surface area contributed by atoms with E-state index >= 15 is 0 Å². The van der Waals surface area contributed by atoms with Gasteiger partial charge in [0.1, 0.15) is 22.9 Å². The molecular weight excluding hydrogens is 392 g/mol. The first-order valence-electron chi connectivity index (χ1n) is 9.24. The Hall–Kier alpha value is -3.74. The number of anilines is 1. The molecule has 1 unspecified atom stereocenters. The van der Waals surface area contributed by atoms with Gasteiger partial charge < -0.3 is 14.8 Å². The van der Waals surface area contributed by atoms with E-state index in [1.54, 1.807) is 61.5 Å². The summed E-state index contributed by atoms with van der Waals surface area (Å²) in [6, 6.07) is 17.9. The largest absolute Gasteiger partial charge is 0.492 e. The molecule has 30 heavy (non-hydrogen) atoms. The van der Waals surface area contributed by atoms with Crippen LogP contribution in [0, 0.1) is 11.6 Å². The Morgan fingerprint density at radius 1 is 0.900 bits per heavy atom. The fourth-order valence-corrected chi connectivity index (χ4v) is 2.81. The van der Waals surface area contributed by atoms with E-state index in [-0.39, 0.29) is 0 Å². The third kappa shape index (κ3) is 4.81. The average molecular weight is 411 g/mol. The lowest BCUT2D eigenvalue weighted by Gasteiger charge is -2.19. The highest BCUT2D eigenvalue weighted by Crippen LogP contribution is 2.27. The van der Waals surface area contributed by atoms with Gasteiger partial charge in [-0.25, -0.2) is 13.6 Å². The smallest absolute Gasteiger partial charge is 0.345 e. The van der Waals surface area contributed by atoms with E-state index in [0.29, 0.717) is 23.6 Å². The molecule has 3 aromatic carbocycles. The van der Waals surface area contributed by atoms with E-state index in [1.165, 1.54) is 0 Å². The monoisotopic (exact) mass is 411 g/mol. The standard InChI is InChI=1S/C23H19F2NO4/c1-2-29-19-14-7-6-13-18(19)26-22(27)21(15-9-4-3-5-10-15)30-23(28)20-16(24)11-8-12-17(20)25/h3-14,21H,2H2,1H3,(H,26,27). The number of carbonyl (C=O) groups excluding carboxylic acids is 2. The van der Waals surface area contributed by atoms with Crippen molar-refractivity contribution in [1.29, 1.82) is 0 Å². The van der Waals surface area contributed by atoms with Crippen LogP contribution in [-0.2, 0) is 9.53 Å². The topological polar surface area (TPSA) is 64.6 Å². The number of hydrogen-bond acceptors (Lipinski definition) is 4. The Kier molecular flexibility index (Phi) is 6.75. The molecule has 154 valence electrons. The van der Waals surface area contributed by atoms with E-state index in [4.69, 9.17) is 9.47 Å². The molecule has 5 nitrogen and oxygen atoms in total. The maximum atomic E-state index is 14.0. The second kappa shape index (κ2) is 9.65. The molecule has 0 aliphatic carbocycles. The van der Waals surface area contributed by atoms with Crippen LogP contribution in [0.1, 0.15) is 28.9 Å². The molecule has 0 saturated carbocycles.